The number of sulfonamides is 1. The summed E-state index contributed by atoms with van der Waals surface area (Å²) in [5.41, 5.74) is 2.41. The van der Waals surface area contributed by atoms with Crippen LogP contribution in [0, 0.1) is 11.3 Å². The first-order valence-corrected chi connectivity index (χ1v) is 13.2. The first-order chi connectivity index (χ1) is 15.9. The number of rotatable bonds is 7. The normalized spacial score (nSPS) is 11.7. The zero-order chi connectivity index (χ0) is 23.4. The van der Waals surface area contributed by atoms with Gasteiger partial charge in [0.2, 0.25) is 0 Å². The Morgan fingerprint density at radius 3 is 2.55 bits per heavy atom. The lowest BCUT2D eigenvalue weighted by Gasteiger charge is -2.06. The molecule has 4 rings (SSSR count). The van der Waals surface area contributed by atoms with E-state index in [4.69, 9.17) is 23.2 Å². The topological polar surface area (TPSA) is 108 Å². The Morgan fingerprint density at radius 2 is 1.88 bits per heavy atom. The minimum absolute atomic E-state index is 0.0962. The van der Waals surface area contributed by atoms with E-state index in [0.29, 0.717) is 37.1 Å². The maximum atomic E-state index is 12.4. The molecule has 33 heavy (non-hydrogen) atoms. The second-order valence-corrected chi connectivity index (χ2v) is 10.7. The molecule has 2 aromatic carbocycles. The number of aromatic nitrogens is 2. The van der Waals surface area contributed by atoms with Gasteiger partial charge >= 0.3 is 0 Å². The maximum absolute atomic E-state index is 12.4. The molecule has 0 amide bonds. The van der Waals surface area contributed by atoms with E-state index in [0.717, 1.165) is 5.56 Å². The number of anilines is 2. The predicted octanol–water partition coefficient (Wildman–Crippen LogP) is 6.35. The van der Waals surface area contributed by atoms with E-state index in [-0.39, 0.29) is 4.90 Å². The predicted molar refractivity (Wildman–Crippen MR) is 134 cm³/mol. The fourth-order valence-electron chi connectivity index (χ4n) is 2.66. The summed E-state index contributed by atoms with van der Waals surface area (Å²) in [6.45, 7) is 0. The lowest BCUT2D eigenvalue weighted by Crippen LogP contribution is -2.12. The highest BCUT2D eigenvalue weighted by atomic mass is 35.5. The fraction of sp³-hybridized carbons (Fsp3) is 0. The number of nitrogens with zero attached hydrogens (tertiary/aromatic N) is 3. The molecule has 2 heterocycles. The van der Waals surface area contributed by atoms with Crippen LogP contribution in [0.4, 0.5) is 10.8 Å². The third-order valence-corrected chi connectivity index (χ3v) is 8.06. The van der Waals surface area contributed by atoms with Crippen LogP contribution in [0.25, 0.3) is 16.8 Å². The molecule has 2 aromatic heterocycles. The molecule has 0 radical (unpaired) electrons. The van der Waals surface area contributed by atoms with Gasteiger partial charge in [0, 0.05) is 34.4 Å². The SMILES string of the molecule is N#C/C(=C/Nc1ccc(S(=O)(=O)Nc2nccs2)cc1)c1nc(-c2ccc(Cl)c(Cl)c2)cs1. The molecule has 0 bridgehead atoms. The van der Waals surface area contributed by atoms with Crippen molar-refractivity contribution in [3.05, 3.63) is 80.7 Å². The zero-order valence-electron chi connectivity index (χ0n) is 16.5. The van der Waals surface area contributed by atoms with E-state index >= 15 is 0 Å². The quantitative estimate of drug-likeness (QED) is 0.268. The average molecular weight is 534 g/mol. The molecule has 0 aliphatic heterocycles. The number of hydrogen-bond donors (Lipinski definition) is 2. The van der Waals surface area contributed by atoms with E-state index in [9.17, 15) is 13.7 Å². The summed E-state index contributed by atoms with van der Waals surface area (Å²) in [6.07, 6.45) is 3.04. The summed E-state index contributed by atoms with van der Waals surface area (Å²) in [4.78, 5) is 8.53. The molecule has 166 valence electrons. The van der Waals surface area contributed by atoms with Crippen molar-refractivity contribution in [2.75, 3.05) is 10.0 Å². The molecule has 0 aliphatic carbocycles. The van der Waals surface area contributed by atoms with Gasteiger partial charge in [0.1, 0.15) is 16.6 Å². The van der Waals surface area contributed by atoms with Gasteiger partial charge in [-0.1, -0.05) is 29.3 Å². The van der Waals surface area contributed by atoms with Gasteiger partial charge in [-0.3, -0.25) is 4.72 Å². The summed E-state index contributed by atoms with van der Waals surface area (Å²) in [7, 11) is -3.73. The van der Waals surface area contributed by atoms with Crippen LogP contribution in [0.5, 0.6) is 0 Å². The molecule has 4 aromatic rings. The van der Waals surface area contributed by atoms with E-state index in [1.807, 2.05) is 5.38 Å². The van der Waals surface area contributed by atoms with Crippen molar-refractivity contribution < 1.29 is 8.42 Å². The number of halogens is 2. The minimum atomic E-state index is -3.73. The summed E-state index contributed by atoms with van der Waals surface area (Å²) in [6, 6.07) is 13.5. The van der Waals surface area contributed by atoms with Crippen LogP contribution in [0.2, 0.25) is 10.0 Å². The van der Waals surface area contributed by atoms with Crippen molar-refractivity contribution in [2.45, 2.75) is 4.90 Å². The molecule has 0 saturated heterocycles. The second-order valence-electron chi connectivity index (χ2n) is 6.45. The Labute approximate surface area is 208 Å². The lowest BCUT2D eigenvalue weighted by molar-refractivity contribution is 0.601. The van der Waals surface area contributed by atoms with E-state index in [1.165, 1.54) is 47.2 Å². The van der Waals surface area contributed by atoms with Gasteiger partial charge < -0.3 is 5.32 Å². The first kappa shape index (κ1) is 23.2. The van der Waals surface area contributed by atoms with Crippen LogP contribution >= 0.6 is 45.9 Å². The third-order valence-electron chi connectivity index (χ3n) is 4.27. The standard InChI is InChI=1S/C21H13Cl2N5O2S3/c22-17-6-1-13(9-18(17)23)19-12-32-20(27-19)14(10-24)11-26-15-2-4-16(5-3-15)33(29,30)28-21-25-7-8-31-21/h1-9,11-12,26H,(H,25,28)/b14-11-. The van der Waals surface area contributed by atoms with Crippen molar-refractivity contribution in [1.29, 1.82) is 5.26 Å². The highest BCUT2D eigenvalue weighted by Crippen LogP contribution is 2.31. The zero-order valence-corrected chi connectivity index (χ0v) is 20.5. The summed E-state index contributed by atoms with van der Waals surface area (Å²) in [5.74, 6) is 0. The highest BCUT2D eigenvalue weighted by Gasteiger charge is 2.15. The molecule has 0 aliphatic rings. The van der Waals surface area contributed by atoms with Gasteiger partial charge in [0.15, 0.2) is 5.13 Å². The van der Waals surface area contributed by atoms with Gasteiger partial charge in [-0.05, 0) is 36.4 Å². The molecule has 0 unspecified atom stereocenters. The van der Waals surface area contributed by atoms with Crippen LogP contribution in [0.1, 0.15) is 5.01 Å². The number of thiazole rings is 2. The van der Waals surface area contributed by atoms with Gasteiger partial charge in [-0.2, -0.15) is 5.26 Å². The van der Waals surface area contributed by atoms with Crippen LogP contribution in [-0.4, -0.2) is 18.4 Å². The van der Waals surface area contributed by atoms with Crippen molar-refractivity contribution in [3.63, 3.8) is 0 Å². The van der Waals surface area contributed by atoms with Crippen LogP contribution in [0.15, 0.2) is 70.5 Å². The van der Waals surface area contributed by atoms with Gasteiger partial charge in [-0.15, -0.1) is 22.7 Å². The molecule has 0 atom stereocenters. The van der Waals surface area contributed by atoms with Gasteiger partial charge in [0.25, 0.3) is 10.0 Å². The number of hydrogen-bond acceptors (Lipinski definition) is 8. The highest BCUT2D eigenvalue weighted by molar-refractivity contribution is 7.93. The van der Waals surface area contributed by atoms with Crippen molar-refractivity contribution in [1.82, 2.24) is 9.97 Å². The summed E-state index contributed by atoms with van der Waals surface area (Å²) < 4.78 is 27.3. The second kappa shape index (κ2) is 9.91. The Balaban J connectivity index is 1.48. The summed E-state index contributed by atoms with van der Waals surface area (Å²) >= 11 is 14.6. The van der Waals surface area contributed by atoms with Crippen molar-refractivity contribution in [2.24, 2.45) is 0 Å². The lowest BCUT2D eigenvalue weighted by atomic mass is 10.2. The molecule has 0 spiro atoms. The molecule has 12 heteroatoms. The largest absolute Gasteiger partial charge is 0.360 e. The fourth-order valence-corrected chi connectivity index (χ4v) is 5.54. The smallest absolute Gasteiger partial charge is 0.263 e. The molecule has 0 fully saturated rings. The number of benzene rings is 2. The molecule has 2 N–H and O–H groups in total. The Bertz CT molecular complexity index is 1460. The van der Waals surface area contributed by atoms with E-state index in [1.54, 1.807) is 35.7 Å². The monoisotopic (exact) mass is 533 g/mol. The van der Waals surface area contributed by atoms with Crippen LogP contribution < -0.4 is 10.0 Å². The number of nitrogens with one attached hydrogen (secondary N) is 2. The molecule has 7 nitrogen and oxygen atoms in total. The maximum Gasteiger partial charge on any atom is 0.263 e. The van der Waals surface area contributed by atoms with Crippen molar-refractivity contribution >= 4 is 72.3 Å². The Hall–Kier alpha value is -2.94. The van der Waals surface area contributed by atoms with E-state index in [2.05, 4.69) is 26.1 Å². The third kappa shape index (κ3) is 5.52. The van der Waals surface area contributed by atoms with Crippen LogP contribution in [0.3, 0.4) is 0 Å². The van der Waals surface area contributed by atoms with E-state index < -0.39 is 10.0 Å². The van der Waals surface area contributed by atoms with Crippen molar-refractivity contribution in [3.8, 4) is 17.3 Å². The average Bonchev–Trinajstić information content (AvgIpc) is 3.49. The van der Waals surface area contributed by atoms with Gasteiger partial charge in [-0.25, -0.2) is 18.4 Å². The van der Waals surface area contributed by atoms with Crippen LogP contribution in [-0.2, 0) is 10.0 Å². The molecule has 0 saturated carbocycles. The number of nitriles is 1. The number of allylic oxidation sites excluding steroid dienone is 1. The molecular weight excluding hydrogens is 521 g/mol. The van der Waals surface area contributed by atoms with Gasteiger partial charge in [0.05, 0.1) is 20.6 Å². The minimum Gasteiger partial charge on any atom is -0.360 e. The first-order valence-electron chi connectivity index (χ1n) is 9.16. The summed E-state index contributed by atoms with van der Waals surface area (Å²) in [5, 5.41) is 17.8. The molecular formula is C21H13Cl2N5O2S3. The Morgan fingerprint density at radius 1 is 1.09 bits per heavy atom. The Kier molecular flexibility index (Phi) is 6.97.